The van der Waals surface area contributed by atoms with Crippen molar-refractivity contribution in [2.75, 3.05) is 0 Å². The van der Waals surface area contributed by atoms with Gasteiger partial charge in [-0.3, -0.25) is 4.79 Å². The fourth-order valence-electron chi connectivity index (χ4n) is 1.14. The third kappa shape index (κ3) is 3.62. The minimum Gasteiger partial charge on any atom is -0.390 e. The maximum Gasteiger partial charge on any atom is 0.242 e. The van der Waals surface area contributed by atoms with Gasteiger partial charge in [-0.05, 0) is 20.3 Å². The summed E-state index contributed by atoms with van der Waals surface area (Å²) in [6.07, 6.45) is 2.41. The molecule has 6 nitrogen and oxygen atoms in total. The van der Waals surface area contributed by atoms with Gasteiger partial charge in [-0.25, -0.2) is 4.68 Å². The van der Waals surface area contributed by atoms with E-state index in [0.717, 1.165) is 6.42 Å². The first-order chi connectivity index (χ1) is 7.46. The quantitative estimate of drug-likeness (QED) is 0.745. The standard InChI is InChI=1S/C10H18N4O2/c1-4-10(2,3)11-9(16)6-14-5-8(7-15)12-13-14/h5,15H,4,6-7H2,1-3H3,(H,11,16). The van der Waals surface area contributed by atoms with Crippen LogP contribution in [0, 0.1) is 0 Å². The van der Waals surface area contributed by atoms with Gasteiger partial charge in [0, 0.05) is 5.54 Å². The zero-order chi connectivity index (χ0) is 12.2. The van der Waals surface area contributed by atoms with E-state index >= 15 is 0 Å². The molecule has 0 aliphatic heterocycles. The number of carbonyl (C=O) groups excluding carboxylic acids is 1. The minimum absolute atomic E-state index is 0.110. The van der Waals surface area contributed by atoms with Crippen molar-refractivity contribution < 1.29 is 9.90 Å². The van der Waals surface area contributed by atoms with Crippen LogP contribution >= 0.6 is 0 Å². The summed E-state index contributed by atoms with van der Waals surface area (Å²) in [5.74, 6) is -0.110. The number of hydrogen-bond donors (Lipinski definition) is 2. The molecular weight excluding hydrogens is 208 g/mol. The number of carbonyl (C=O) groups is 1. The van der Waals surface area contributed by atoms with Crippen molar-refractivity contribution in [3.05, 3.63) is 11.9 Å². The third-order valence-electron chi connectivity index (χ3n) is 2.42. The van der Waals surface area contributed by atoms with E-state index in [-0.39, 0.29) is 24.6 Å². The van der Waals surface area contributed by atoms with Gasteiger partial charge in [0.2, 0.25) is 5.91 Å². The third-order valence-corrected chi connectivity index (χ3v) is 2.42. The van der Waals surface area contributed by atoms with Crippen LogP contribution < -0.4 is 5.32 Å². The molecule has 0 radical (unpaired) electrons. The number of nitrogens with zero attached hydrogens (tertiary/aromatic N) is 3. The second-order valence-electron chi connectivity index (χ2n) is 4.35. The van der Waals surface area contributed by atoms with Crippen LogP contribution in [-0.4, -0.2) is 31.5 Å². The Morgan fingerprint density at radius 1 is 1.62 bits per heavy atom. The molecule has 0 aliphatic carbocycles. The van der Waals surface area contributed by atoms with Crippen molar-refractivity contribution in [2.24, 2.45) is 0 Å². The summed E-state index contributed by atoms with van der Waals surface area (Å²) in [4.78, 5) is 11.6. The SMILES string of the molecule is CCC(C)(C)NC(=O)Cn1cc(CO)nn1. The fraction of sp³-hybridized carbons (Fsp3) is 0.700. The van der Waals surface area contributed by atoms with Crippen molar-refractivity contribution in [3.8, 4) is 0 Å². The Bertz CT molecular complexity index is 359. The Hall–Kier alpha value is -1.43. The summed E-state index contributed by atoms with van der Waals surface area (Å²) >= 11 is 0. The first-order valence-electron chi connectivity index (χ1n) is 5.27. The average molecular weight is 226 g/mol. The summed E-state index contributed by atoms with van der Waals surface area (Å²) in [5.41, 5.74) is 0.250. The van der Waals surface area contributed by atoms with Crippen LogP contribution in [0.3, 0.4) is 0 Å². The predicted molar refractivity (Wildman–Crippen MR) is 58.5 cm³/mol. The Morgan fingerprint density at radius 3 is 2.81 bits per heavy atom. The Kier molecular flexibility index (Phi) is 4.00. The molecule has 0 atom stereocenters. The molecule has 0 aromatic carbocycles. The molecule has 0 spiro atoms. The molecule has 1 heterocycles. The summed E-state index contributed by atoms with van der Waals surface area (Å²) in [5, 5.41) is 19.1. The number of aliphatic hydroxyl groups excluding tert-OH is 1. The highest BCUT2D eigenvalue weighted by atomic mass is 16.3. The number of hydrogen-bond acceptors (Lipinski definition) is 4. The van der Waals surface area contributed by atoms with Crippen LogP contribution in [0.5, 0.6) is 0 Å². The Balaban J connectivity index is 2.51. The first-order valence-corrected chi connectivity index (χ1v) is 5.27. The summed E-state index contributed by atoms with van der Waals surface area (Å²) in [6.45, 7) is 5.90. The van der Waals surface area contributed by atoms with Gasteiger partial charge in [0.05, 0.1) is 12.8 Å². The molecular formula is C10H18N4O2. The molecule has 0 fully saturated rings. The van der Waals surface area contributed by atoms with Crippen LogP contribution in [-0.2, 0) is 17.9 Å². The van der Waals surface area contributed by atoms with E-state index < -0.39 is 0 Å². The van der Waals surface area contributed by atoms with E-state index in [1.807, 2.05) is 20.8 Å². The summed E-state index contributed by atoms with van der Waals surface area (Å²) < 4.78 is 1.41. The number of nitrogens with one attached hydrogen (secondary N) is 1. The second kappa shape index (κ2) is 5.07. The highest BCUT2D eigenvalue weighted by Gasteiger charge is 2.18. The van der Waals surface area contributed by atoms with Crippen molar-refractivity contribution in [1.29, 1.82) is 0 Å². The molecule has 0 saturated carbocycles. The molecule has 0 bridgehead atoms. The van der Waals surface area contributed by atoms with Gasteiger partial charge in [-0.1, -0.05) is 12.1 Å². The molecule has 16 heavy (non-hydrogen) atoms. The van der Waals surface area contributed by atoms with Crippen LogP contribution in [0.1, 0.15) is 32.9 Å². The van der Waals surface area contributed by atoms with Gasteiger partial charge < -0.3 is 10.4 Å². The van der Waals surface area contributed by atoms with Crippen molar-refractivity contribution >= 4 is 5.91 Å². The molecule has 1 amide bonds. The normalized spacial score (nSPS) is 11.5. The average Bonchev–Trinajstić information content (AvgIpc) is 2.64. The molecule has 2 N–H and O–H groups in total. The van der Waals surface area contributed by atoms with Gasteiger partial charge in [0.1, 0.15) is 12.2 Å². The molecule has 6 heteroatoms. The maximum absolute atomic E-state index is 11.6. The lowest BCUT2D eigenvalue weighted by molar-refractivity contribution is -0.123. The van der Waals surface area contributed by atoms with Crippen molar-refractivity contribution in [2.45, 2.75) is 45.9 Å². The lowest BCUT2D eigenvalue weighted by Crippen LogP contribution is -2.44. The zero-order valence-corrected chi connectivity index (χ0v) is 9.90. The number of rotatable bonds is 5. The van der Waals surface area contributed by atoms with Crippen molar-refractivity contribution in [1.82, 2.24) is 20.3 Å². The number of amides is 1. The van der Waals surface area contributed by atoms with Gasteiger partial charge in [0.25, 0.3) is 0 Å². The smallest absolute Gasteiger partial charge is 0.242 e. The first kappa shape index (κ1) is 12.6. The van der Waals surface area contributed by atoms with E-state index in [2.05, 4.69) is 15.6 Å². The lowest BCUT2D eigenvalue weighted by Gasteiger charge is -2.24. The van der Waals surface area contributed by atoms with E-state index in [1.165, 1.54) is 4.68 Å². The molecule has 1 aromatic rings. The molecule has 1 rings (SSSR count). The molecule has 0 unspecified atom stereocenters. The maximum atomic E-state index is 11.6. The zero-order valence-electron chi connectivity index (χ0n) is 9.90. The van der Waals surface area contributed by atoms with Crippen LogP contribution in [0.15, 0.2) is 6.20 Å². The highest BCUT2D eigenvalue weighted by molar-refractivity contribution is 5.76. The van der Waals surface area contributed by atoms with Crippen molar-refractivity contribution in [3.63, 3.8) is 0 Å². The predicted octanol–water partition coefficient (Wildman–Crippen LogP) is 0.0752. The fourth-order valence-corrected chi connectivity index (χ4v) is 1.14. The van der Waals surface area contributed by atoms with E-state index in [1.54, 1.807) is 6.20 Å². The summed E-state index contributed by atoms with van der Waals surface area (Å²) in [6, 6.07) is 0. The molecule has 90 valence electrons. The Morgan fingerprint density at radius 2 is 2.31 bits per heavy atom. The van der Waals surface area contributed by atoms with Crippen LogP contribution in [0.25, 0.3) is 0 Å². The minimum atomic E-state index is -0.211. The van der Waals surface area contributed by atoms with E-state index in [9.17, 15) is 4.79 Å². The lowest BCUT2D eigenvalue weighted by atomic mass is 10.0. The molecule has 0 saturated heterocycles. The monoisotopic (exact) mass is 226 g/mol. The van der Waals surface area contributed by atoms with Gasteiger partial charge in [-0.2, -0.15) is 0 Å². The van der Waals surface area contributed by atoms with Crippen LogP contribution in [0.4, 0.5) is 0 Å². The second-order valence-corrected chi connectivity index (χ2v) is 4.35. The Labute approximate surface area is 94.7 Å². The van der Waals surface area contributed by atoms with E-state index in [4.69, 9.17) is 5.11 Å². The van der Waals surface area contributed by atoms with Gasteiger partial charge in [0.15, 0.2) is 0 Å². The van der Waals surface area contributed by atoms with Gasteiger partial charge >= 0.3 is 0 Å². The topological polar surface area (TPSA) is 80.0 Å². The summed E-state index contributed by atoms with van der Waals surface area (Å²) in [7, 11) is 0. The van der Waals surface area contributed by atoms with E-state index in [0.29, 0.717) is 5.69 Å². The van der Waals surface area contributed by atoms with Crippen LogP contribution in [0.2, 0.25) is 0 Å². The molecule has 1 aromatic heterocycles. The van der Waals surface area contributed by atoms with Gasteiger partial charge in [-0.15, -0.1) is 5.10 Å². The largest absolute Gasteiger partial charge is 0.390 e. The number of aromatic nitrogens is 3. The molecule has 0 aliphatic rings. The number of aliphatic hydroxyl groups is 1. The highest BCUT2D eigenvalue weighted by Crippen LogP contribution is 2.06.